The van der Waals surface area contributed by atoms with E-state index < -0.39 is 0 Å². The van der Waals surface area contributed by atoms with Gasteiger partial charge in [-0.2, -0.15) is 5.26 Å². The van der Waals surface area contributed by atoms with E-state index in [9.17, 15) is 4.79 Å². The summed E-state index contributed by atoms with van der Waals surface area (Å²) < 4.78 is 0. The summed E-state index contributed by atoms with van der Waals surface area (Å²) in [5.41, 5.74) is 5.88. The molecule has 1 aliphatic heterocycles. The smallest absolute Gasteiger partial charge is 0.175 e. The zero-order valence-corrected chi connectivity index (χ0v) is 25.3. The standard InChI is InChI=1S/C25H38N4O.C8H9Cl/c1-5-6-7-13-24(22(3)30)29-19-18-28(20-21(29)2)25(23-11-8-12-23)14-9-16-27(4)17-10-15-26;1-2-7-5-3-4-6-8(7)9/h9,13-14H,2,5-8,10-12,16-20H2,1,3-4H3;3-6H,2H2,1H3/b14-9+,24-13-;. The highest BCUT2D eigenvalue weighted by Gasteiger charge is 2.26. The van der Waals surface area contributed by atoms with Crippen molar-refractivity contribution >= 4 is 17.4 Å². The molecule has 0 aromatic heterocycles. The van der Waals surface area contributed by atoms with Crippen LogP contribution in [-0.4, -0.2) is 60.3 Å². The summed E-state index contributed by atoms with van der Waals surface area (Å²) in [7, 11) is 2.05. The van der Waals surface area contributed by atoms with Gasteiger partial charge in [-0.05, 0) is 68.9 Å². The number of likely N-dealkylation sites (N-methyl/N-ethyl adjacent to an activating group) is 1. The zero-order chi connectivity index (χ0) is 28.6. The molecule has 0 amide bonds. The number of halogens is 1. The number of aryl methyl sites for hydroxylation is 1. The van der Waals surface area contributed by atoms with E-state index in [-0.39, 0.29) is 5.78 Å². The number of ketones is 1. The number of hydrogen-bond donors (Lipinski definition) is 0. The molecule has 0 spiro atoms. The molecular weight excluding hydrogens is 504 g/mol. The molecule has 0 radical (unpaired) electrons. The van der Waals surface area contributed by atoms with Crippen LogP contribution in [-0.2, 0) is 11.2 Å². The van der Waals surface area contributed by atoms with Crippen LogP contribution in [0.2, 0.25) is 5.02 Å². The summed E-state index contributed by atoms with van der Waals surface area (Å²) in [6.45, 7) is 14.3. The van der Waals surface area contributed by atoms with Gasteiger partial charge >= 0.3 is 0 Å². The molecule has 0 bridgehead atoms. The van der Waals surface area contributed by atoms with Crippen molar-refractivity contribution in [2.24, 2.45) is 0 Å². The molecule has 1 aromatic carbocycles. The molecule has 1 saturated carbocycles. The third-order valence-electron chi connectivity index (χ3n) is 7.19. The van der Waals surface area contributed by atoms with Crippen LogP contribution >= 0.6 is 11.6 Å². The summed E-state index contributed by atoms with van der Waals surface area (Å²) in [5.74, 6) is 0.124. The SMILES string of the molecule is C=C1CN(C(/C=C/CN(C)CCC#N)=C2CCC2)CCN1/C(=C\CCCC)C(C)=O.CCc1ccccc1Cl. The number of unbranched alkanes of at least 4 members (excludes halogenated alkanes) is 2. The quantitative estimate of drug-likeness (QED) is 0.199. The van der Waals surface area contributed by atoms with Gasteiger partial charge in [0.25, 0.3) is 0 Å². The first-order valence-electron chi connectivity index (χ1n) is 14.4. The lowest BCUT2D eigenvalue weighted by Gasteiger charge is -2.41. The Morgan fingerprint density at radius 3 is 2.51 bits per heavy atom. The van der Waals surface area contributed by atoms with Gasteiger partial charge in [-0.15, -0.1) is 0 Å². The van der Waals surface area contributed by atoms with Crippen LogP contribution in [0, 0.1) is 11.3 Å². The first-order valence-corrected chi connectivity index (χ1v) is 14.8. The minimum absolute atomic E-state index is 0.124. The number of hydrogen-bond acceptors (Lipinski definition) is 5. The van der Waals surface area contributed by atoms with Crippen LogP contribution in [0.4, 0.5) is 0 Å². The van der Waals surface area contributed by atoms with Crippen LogP contribution in [0.5, 0.6) is 0 Å². The van der Waals surface area contributed by atoms with Crippen molar-refractivity contribution < 1.29 is 4.79 Å². The largest absolute Gasteiger partial charge is 0.364 e. The predicted molar refractivity (Wildman–Crippen MR) is 164 cm³/mol. The molecule has 6 heteroatoms. The van der Waals surface area contributed by atoms with E-state index in [2.05, 4.69) is 59.4 Å². The lowest BCUT2D eigenvalue weighted by atomic mass is 9.89. The van der Waals surface area contributed by atoms with Crippen LogP contribution in [0.15, 0.2) is 71.7 Å². The second-order valence-electron chi connectivity index (χ2n) is 10.3. The van der Waals surface area contributed by atoms with Crippen LogP contribution in [0.25, 0.3) is 0 Å². The molecule has 2 aliphatic rings. The second-order valence-corrected chi connectivity index (χ2v) is 10.7. The molecule has 39 heavy (non-hydrogen) atoms. The van der Waals surface area contributed by atoms with Crippen molar-refractivity contribution in [1.29, 1.82) is 5.26 Å². The molecule has 0 N–H and O–H groups in total. The Morgan fingerprint density at radius 1 is 1.23 bits per heavy atom. The van der Waals surface area contributed by atoms with E-state index in [0.717, 1.165) is 74.8 Å². The summed E-state index contributed by atoms with van der Waals surface area (Å²) in [6.07, 6.45) is 14.9. The van der Waals surface area contributed by atoms with Gasteiger partial charge in [0.05, 0.1) is 18.3 Å². The number of carbonyl (C=O) groups is 1. The third kappa shape index (κ3) is 10.7. The average molecular weight is 551 g/mol. The zero-order valence-electron chi connectivity index (χ0n) is 24.5. The van der Waals surface area contributed by atoms with Crippen molar-refractivity contribution in [3.8, 4) is 6.07 Å². The average Bonchev–Trinajstić information content (AvgIpc) is 2.89. The van der Waals surface area contributed by atoms with E-state index >= 15 is 0 Å². The second kappa shape index (κ2) is 17.7. The lowest BCUT2D eigenvalue weighted by molar-refractivity contribution is -0.115. The Bertz CT molecular complexity index is 1080. The minimum Gasteiger partial charge on any atom is -0.364 e. The van der Waals surface area contributed by atoms with E-state index in [1.807, 2.05) is 31.3 Å². The molecule has 0 atom stereocenters. The fraction of sp³-hybridized carbons (Fsp3) is 0.515. The van der Waals surface area contributed by atoms with Gasteiger partial charge in [-0.3, -0.25) is 4.79 Å². The van der Waals surface area contributed by atoms with E-state index in [4.69, 9.17) is 16.9 Å². The number of rotatable bonds is 12. The minimum atomic E-state index is 0.124. The fourth-order valence-electron chi connectivity index (χ4n) is 4.66. The summed E-state index contributed by atoms with van der Waals surface area (Å²) in [6, 6.07) is 10.1. The molecule has 212 valence electrons. The van der Waals surface area contributed by atoms with Crippen LogP contribution in [0.1, 0.15) is 71.3 Å². The maximum Gasteiger partial charge on any atom is 0.175 e. The van der Waals surface area contributed by atoms with Crippen molar-refractivity contribution in [3.05, 3.63) is 82.3 Å². The fourth-order valence-corrected chi connectivity index (χ4v) is 4.93. The van der Waals surface area contributed by atoms with Crippen molar-refractivity contribution in [2.45, 2.75) is 72.1 Å². The highest BCUT2D eigenvalue weighted by Crippen LogP contribution is 2.33. The van der Waals surface area contributed by atoms with E-state index in [1.165, 1.54) is 36.1 Å². The number of allylic oxidation sites excluding steroid dienone is 4. The van der Waals surface area contributed by atoms with Gasteiger partial charge < -0.3 is 14.7 Å². The Morgan fingerprint density at radius 2 is 1.97 bits per heavy atom. The highest BCUT2D eigenvalue weighted by atomic mass is 35.5. The summed E-state index contributed by atoms with van der Waals surface area (Å²) in [4.78, 5) is 18.9. The Labute approximate surface area is 242 Å². The van der Waals surface area contributed by atoms with Gasteiger partial charge in [-0.1, -0.05) is 68.8 Å². The number of benzene rings is 1. The first kappa shape index (κ1) is 32.4. The normalized spacial score (nSPS) is 15.7. The van der Waals surface area contributed by atoms with Crippen molar-refractivity contribution in [2.75, 3.05) is 39.8 Å². The van der Waals surface area contributed by atoms with Gasteiger partial charge in [-0.25, -0.2) is 0 Å². The maximum atomic E-state index is 12.2. The number of Topliss-reactive ketones (excluding diaryl/α,β-unsaturated/α-hetero) is 1. The molecule has 2 fully saturated rings. The molecule has 1 aliphatic carbocycles. The summed E-state index contributed by atoms with van der Waals surface area (Å²) >= 11 is 5.82. The number of piperazine rings is 1. The van der Waals surface area contributed by atoms with Gasteiger partial charge in [0.1, 0.15) is 0 Å². The van der Waals surface area contributed by atoms with Crippen LogP contribution in [0.3, 0.4) is 0 Å². The van der Waals surface area contributed by atoms with Gasteiger partial charge in [0, 0.05) is 55.9 Å². The Kier molecular flexibility index (Phi) is 14.7. The van der Waals surface area contributed by atoms with Crippen molar-refractivity contribution in [3.63, 3.8) is 0 Å². The topological polar surface area (TPSA) is 50.6 Å². The molecule has 1 saturated heterocycles. The molecule has 1 aromatic rings. The monoisotopic (exact) mass is 550 g/mol. The Balaban J connectivity index is 0.000000499. The van der Waals surface area contributed by atoms with Crippen LogP contribution < -0.4 is 0 Å². The summed E-state index contributed by atoms with van der Waals surface area (Å²) in [5, 5.41) is 9.62. The van der Waals surface area contributed by atoms with Gasteiger partial charge in [0.15, 0.2) is 5.78 Å². The third-order valence-corrected chi connectivity index (χ3v) is 7.56. The lowest BCUT2D eigenvalue weighted by Crippen LogP contribution is -2.44. The molecular formula is C33H47ClN4O. The molecule has 5 nitrogen and oxygen atoms in total. The highest BCUT2D eigenvalue weighted by molar-refractivity contribution is 6.31. The number of carbonyl (C=O) groups excluding carboxylic acids is 1. The number of nitriles is 1. The molecule has 1 heterocycles. The van der Waals surface area contributed by atoms with Gasteiger partial charge in [0.2, 0.25) is 0 Å². The Hall–Kier alpha value is -2.81. The van der Waals surface area contributed by atoms with E-state index in [0.29, 0.717) is 6.42 Å². The molecule has 3 rings (SSSR count). The van der Waals surface area contributed by atoms with E-state index in [1.54, 1.807) is 6.92 Å². The maximum absolute atomic E-state index is 12.2. The number of nitrogens with zero attached hydrogens (tertiary/aromatic N) is 4. The first-order chi connectivity index (χ1) is 18.8. The predicted octanol–water partition coefficient (Wildman–Crippen LogP) is 7.52. The van der Waals surface area contributed by atoms with Crippen molar-refractivity contribution in [1.82, 2.24) is 14.7 Å². The molecule has 0 unspecified atom stereocenters.